The van der Waals surface area contributed by atoms with Crippen molar-refractivity contribution in [2.45, 2.75) is 37.8 Å². The van der Waals surface area contributed by atoms with Crippen LogP contribution in [0.1, 0.15) is 24.8 Å². The zero-order chi connectivity index (χ0) is 14.1. The minimum atomic E-state index is -0.101. The lowest BCUT2D eigenvalue weighted by atomic mass is 10.1. The standard InChI is InChI=1S/C16H24FN3/c1-19-13-3-4-14(19)11-20(9-7-13)16-5-2-12(6-8-18)10-15(16)17/h2,5,10,13-14H,3-4,6-9,11,18H2,1H3. The molecule has 2 unspecified atom stereocenters. The molecule has 2 bridgehead atoms. The van der Waals surface area contributed by atoms with E-state index in [1.54, 1.807) is 6.07 Å². The van der Waals surface area contributed by atoms with Crippen LogP contribution < -0.4 is 10.6 Å². The zero-order valence-electron chi connectivity index (χ0n) is 12.2. The Bertz CT molecular complexity index is 477. The summed E-state index contributed by atoms with van der Waals surface area (Å²) in [6.07, 6.45) is 4.42. The molecule has 2 fully saturated rings. The van der Waals surface area contributed by atoms with E-state index in [0.717, 1.165) is 37.2 Å². The Kier molecular flexibility index (Phi) is 3.94. The molecule has 0 aromatic heterocycles. The Morgan fingerprint density at radius 2 is 2.05 bits per heavy atom. The summed E-state index contributed by atoms with van der Waals surface area (Å²) < 4.78 is 14.3. The monoisotopic (exact) mass is 277 g/mol. The molecule has 2 aliphatic rings. The molecular weight excluding hydrogens is 253 g/mol. The van der Waals surface area contributed by atoms with E-state index in [9.17, 15) is 4.39 Å². The number of hydrogen-bond donors (Lipinski definition) is 1. The van der Waals surface area contributed by atoms with Crippen molar-refractivity contribution in [3.05, 3.63) is 29.6 Å². The number of halogens is 1. The van der Waals surface area contributed by atoms with Gasteiger partial charge in [-0.05, 0) is 57.0 Å². The number of fused-ring (bicyclic) bond motifs is 2. The zero-order valence-corrected chi connectivity index (χ0v) is 12.2. The lowest BCUT2D eigenvalue weighted by molar-refractivity contribution is 0.254. The van der Waals surface area contributed by atoms with Gasteiger partial charge in [-0.3, -0.25) is 4.90 Å². The predicted molar refractivity (Wildman–Crippen MR) is 80.6 cm³/mol. The average molecular weight is 277 g/mol. The summed E-state index contributed by atoms with van der Waals surface area (Å²) in [5.74, 6) is -0.101. The number of benzene rings is 1. The Balaban J connectivity index is 1.79. The van der Waals surface area contributed by atoms with Gasteiger partial charge in [0.1, 0.15) is 5.82 Å². The third-order valence-electron chi connectivity index (χ3n) is 4.93. The molecule has 1 aromatic carbocycles. The number of anilines is 1. The summed E-state index contributed by atoms with van der Waals surface area (Å²) >= 11 is 0. The molecule has 2 saturated heterocycles. The molecule has 2 heterocycles. The number of hydrogen-bond acceptors (Lipinski definition) is 3. The normalized spacial score (nSPS) is 26.9. The summed E-state index contributed by atoms with van der Waals surface area (Å²) in [4.78, 5) is 4.71. The molecule has 2 N–H and O–H groups in total. The maximum atomic E-state index is 14.3. The first kappa shape index (κ1) is 13.8. The summed E-state index contributed by atoms with van der Waals surface area (Å²) in [5.41, 5.74) is 7.27. The van der Waals surface area contributed by atoms with Gasteiger partial charge in [-0.15, -0.1) is 0 Å². The topological polar surface area (TPSA) is 32.5 Å². The van der Waals surface area contributed by atoms with Gasteiger partial charge in [-0.2, -0.15) is 0 Å². The summed E-state index contributed by atoms with van der Waals surface area (Å²) in [7, 11) is 2.21. The van der Waals surface area contributed by atoms with Crippen LogP contribution in [-0.4, -0.2) is 43.7 Å². The van der Waals surface area contributed by atoms with E-state index in [1.165, 1.54) is 12.8 Å². The molecule has 2 aliphatic heterocycles. The van der Waals surface area contributed by atoms with Crippen LogP contribution >= 0.6 is 0 Å². The third kappa shape index (κ3) is 2.54. The highest BCUT2D eigenvalue weighted by molar-refractivity contribution is 5.50. The lowest BCUT2D eigenvalue weighted by Gasteiger charge is -2.28. The van der Waals surface area contributed by atoms with Gasteiger partial charge in [-0.1, -0.05) is 6.07 Å². The molecule has 3 nitrogen and oxygen atoms in total. The highest BCUT2D eigenvalue weighted by atomic mass is 19.1. The Morgan fingerprint density at radius 3 is 2.80 bits per heavy atom. The number of likely N-dealkylation sites (N-methyl/N-ethyl adjacent to an activating group) is 1. The van der Waals surface area contributed by atoms with Crippen molar-refractivity contribution in [2.24, 2.45) is 5.73 Å². The molecule has 0 aliphatic carbocycles. The SMILES string of the molecule is CN1C2CCC1CN(c1ccc(CCN)cc1F)CC2. The van der Waals surface area contributed by atoms with Gasteiger partial charge >= 0.3 is 0 Å². The second-order valence-electron chi connectivity index (χ2n) is 6.11. The fourth-order valence-electron chi connectivity index (χ4n) is 3.66. The molecule has 110 valence electrons. The van der Waals surface area contributed by atoms with E-state index in [4.69, 9.17) is 5.73 Å². The highest BCUT2D eigenvalue weighted by Crippen LogP contribution is 2.31. The molecule has 20 heavy (non-hydrogen) atoms. The molecule has 0 radical (unpaired) electrons. The number of nitrogens with two attached hydrogens (primary N) is 1. The predicted octanol–water partition coefficient (Wildman–Crippen LogP) is 2.00. The number of rotatable bonds is 3. The molecule has 0 saturated carbocycles. The van der Waals surface area contributed by atoms with Gasteiger partial charge in [0.2, 0.25) is 0 Å². The van der Waals surface area contributed by atoms with Crippen LogP contribution in [0.5, 0.6) is 0 Å². The highest BCUT2D eigenvalue weighted by Gasteiger charge is 2.35. The second-order valence-corrected chi connectivity index (χ2v) is 6.11. The summed E-state index contributed by atoms with van der Waals surface area (Å²) in [6.45, 7) is 2.47. The molecule has 3 rings (SSSR count). The fourth-order valence-corrected chi connectivity index (χ4v) is 3.66. The fraction of sp³-hybridized carbons (Fsp3) is 0.625. The van der Waals surface area contributed by atoms with Crippen LogP contribution in [0.25, 0.3) is 0 Å². The maximum absolute atomic E-state index is 14.3. The van der Waals surface area contributed by atoms with Gasteiger partial charge in [-0.25, -0.2) is 4.39 Å². The number of nitrogens with zero attached hydrogens (tertiary/aromatic N) is 2. The summed E-state index contributed by atoms with van der Waals surface area (Å²) in [5, 5.41) is 0. The van der Waals surface area contributed by atoms with E-state index in [2.05, 4.69) is 16.8 Å². The Morgan fingerprint density at radius 1 is 1.25 bits per heavy atom. The Hall–Kier alpha value is -1.13. The first-order valence-electron chi connectivity index (χ1n) is 7.64. The largest absolute Gasteiger partial charge is 0.368 e. The minimum Gasteiger partial charge on any atom is -0.368 e. The van der Waals surface area contributed by atoms with Crippen LogP contribution in [0.2, 0.25) is 0 Å². The average Bonchev–Trinajstić information content (AvgIpc) is 2.65. The smallest absolute Gasteiger partial charge is 0.146 e. The molecule has 2 atom stereocenters. The minimum absolute atomic E-state index is 0.101. The van der Waals surface area contributed by atoms with Crippen LogP contribution in [0, 0.1) is 5.82 Å². The molecule has 1 aromatic rings. The van der Waals surface area contributed by atoms with Crippen molar-refractivity contribution in [1.29, 1.82) is 0 Å². The Labute approximate surface area is 120 Å². The van der Waals surface area contributed by atoms with Gasteiger partial charge in [0.25, 0.3) is 0 Å². The van der Waals surface area contributed by atoms with Crippen LogP contribution in [0.3, 0.4) is 0 Å². The molecular formula is C16H24FN3. The van der Waals surface area contributed by atoms with Crippen molar-refractivity contribution in [1.82, 2.24) is 4.90 Å². The lowest BCUT2D eigenvalue weighted by Crippen LogP contribution is -2.37. The van der Waals surface area contributed by atoms with Crippen molar-refractivity contribution >= 4 is 5.69 Å². The van der Waals surface area contributed by atoms with E-state index in [-0.39, 0.29) is 5.82 Å². The van der Waals surface area contributed by atoms with Crippen molar-refractivity contribution in [3.8, 4) is 0 Å². The van der Waals surface area contributed by atoms with Crippen LogP contribution in [0.15, 0.2) is 18.2 Å². The summed E-state index contributed by atoms with van der Waals surface area (Å²) in [6, 6.07) is 6.85. The maximum Gasteiger partial charge on any atom is 0.146 e. The molecule has 0 spiro atoms. The van der Waals surface area contributed by atoms with Crippen LogP contribution in [-0.2, 0) is 6.42 Å². The van der Waals surface area contributed by atoms with Gasteiger partial charge in [0.15, 0.2) is 0 Å². The van der Waals surface area contributed by atoms with E-state index < -0.39 is 0 Å². The van der Waals surface area contributed by atoms with Gasteiger partial charge < -0.3 is 10.6 Å². The van der Waals surface area contributed by atoms with Crippen molar-refractivity contribution in [3.63, 3.8) is 0 Å². The van der Waals surface area contributed by atoms with Gasteiger partial charge in [0.05, 0.1) is 5.69 Å². The molecule has 0 amide bonds. The first-order chi connectivity index (χ1) is 9.69. The van der Waals surface area contributed by atoms with Gasteiger partial charge in [0, 0.05) is 25.2 Å². The second kappa shape index (κ2) is 5.70. The van der Waals surface area contributed by atoms with Crippen LogP contribution in [0.4, 0.5) is 10.1 Å². The third-order valence-corrected chi connectivity index (χ3v) is 4.93. The van der Waals surface area contributed by atoms with E-state index >= 15 is 0 Å². The van der Waals surface area contributed by atoms with Crippen molar-refractivity contribution < 1.29 is 4.39 Å². The molecule has 4 heteroatoms. The quantitative estimate of drug-likeness (QED) is 0.917. The van der Waals surface area contributed by atoms with E-state index in [1.807, 2.05) is 12.1 Å². The first-order valence-corrected chi connectivity index (χ1v) is 7.64. The van der Waals surface area contributed by atoms with Crippen molar-refractivity contribution in [2.75, 3.05) is 31.6 Å². The van der Waals surface area contributed by atoms with E-state index in [0.29, 0.717) is 18.6 Å².